The highest BCUT2D eigenvalue weighted by atomic mass is 79.9. The minimum Gasteiger partial charge on any atom is -0.508 e. The first kappa shape index (κ1) is 16.4. The number of aromatic hydroxyl groups is 1. The summed E-state index contributed by atoms with van der Waals surface area (Å²) in [6, 6.07) is 7.28. The molecule has 0 saturated heterocycles. The fourth-order valence-corrected chi connectivity index (χ4v) is 7.50. The molecule has 2 unspecified atom stereocenters. The normalized spacial score (nSPS) is 36.8. The SMILES string of the molecule is CN(Cc1ccccc1O)C(=O)CC12CC3CC(CC(Br)(C3)C1)C2. The molecule has 0 heterocycles. The lowest BCUT2D eigenvalue weighted by atomic mass is 9.48. The largest absolute Gasteiger partial charge is 0.508 e. The van der Waals surface area contributed by atoms with Crippen molar-refractivity contribution >= 4 is 21.8 Å². The quantitative estimate of drug-likeness (QED) is 0.768. The van der Waals surface area contributed by atoms with Gasteiger partial charge < -0.3 is 10.0 Å². The van der Waals surface area contributed by atoms with E-state index >= 15 is 0 Å². The molecule has 4 heteroatoms. The zero-order chi connectivity index (χ0) is 16.9. The molecule has 2 atom stereocenters. The van der Waals surface area contributed by atoms with Crippen molar-refractivity contribution in [1.29, 1.82) is 0 Å². The number of alkyl halides is 1. The molecule has 130 valence electrons. The standard InChI is InChI=1S/C20H26BrNO2/c1-22(12-16-4-2-3-5-17(16)23)18(24)11-19-7-14-6-15(8-19)10-20(21,9-14)13-19/h2-5,14-15,23H,6-13H2,1H3. The summed E-state index contributed by atoms with van der Waals surface area (Å²) < 4.78 is 0.299. The van der Waals surface area contributed by atoms with Crippen LogP contribution in [-0.4, -0.2) is 27.3 Å². The van der Waals surface area contributed by atoms with Crippen LogP contribution in [-0.2, 0) is 11.3 Å². The van der Waals surface area contributed by atoms with Crippen molar-refractivity contribution in [3.63, 3.8) is 0 Å². The fourth-order valence-electron chi connectivity index (χ4n) is 5.99. The third-order valence-electron chi connectivity index (χ3n) is 6.46. The van der Waals surface area contributed by atoms with Gasteiger partial charge in [-0.3, -0.25) is 4.79 Å². The van der Waals surface area contributed by atoms with Gasteiger partial charge in [-0.05, 0) is 61.8 Å². The number of carbonyl (C=O) groups excluding carboxylic acids is 1. The molecule has 4 saturated carbocycles. The zero-order valence-electron chi connectivity index (χ0n) is 14.3. The first-order valence-electron chi connectivity index (χ1n) is 9.06. The molecule has 5 rings (SSSR count). The highest BCUT2D eigenvalue weighted by Gasteiger charge is 2.57. The molecule has 4 aliphatic carbocycles. The molecule has 1 aromatic carbocycles. The topological polar surface area (TPSA) is 40.5 Å². The highest BCUT2D eigenvalue weighted by Crippen LogP contribution is 2.65. The first-order chi connectivity index (χ1) is 11.4. The van der Waals surface area contributed by atoms with Crippen LogP contribution in [0.4, 0.5) is 0 Å². The van der Waals surface area contributed by atoms with Crippen molar-refractivity contribution in [1.82, 2.24) is 4.90 Å². The predicted molar refractivity (Wildman–Crippen MR) is 98.0 cm³/mol. The maximum atomic E-state index is 12.9. The van der Waals surface area contributed by atoms with E-state index in [1.165, 1.54) is 32.1 Å². The summed E-state index contributed by atoms with van der Waals surface area (Å²) in [6.07, 6.45) is 8.25. The molecular weight excluding hydrogens is 366 g/mol. The smallest absolute Gasteiger partial charge is 0.223 e. The minimum atomic E-state index is 0.206. The van der Waals surface area contributed by atoms with Gasteiger partial charge in [0.15, 0.2) is 0 Å². The van der Waals surface area contributed by atoms with E-state index in [1.807, 2.05) is 25.2 Å². The van der Waals surface area contributed by atoms with E-state index < -0.39 is 0 Å². The van der Waals surface area contributed by atoms with Crippen molar-refractivity contribution < 1.29 is 9.90 Å². The van der Waals surface area contributed by atoms with Gasteiger partial charge in [0.05, 0.1) is 0 Å². The summed E-state index contributed by atoms with van der Waals surface area (Å²) in [6.45, 7) is 0.480. The van der Waals surface area contributed by atoms with Gasteiger partial charge in [0.2, 0.25) is 5.91 Å². The Hall–Kier alpha value is -1.03. The van der Waals surface area contributed by atoms with Crippen LogP contribution in [0.2, 0.25) is 0 Å². The lowest BCUT2D eigenvalue weighted by molar-refractivity contribution is -0.137. The molecule has 0 aliphatic heterocycles. The molecule has 3 nitrogen and oxygen atoms in total. The van der Waals surface area contributed by atoms with Gasteiger partial charge in [0.25, 0.3) is 0 Å². The van der Waals surface area contributed by atoms with Crippen LogP contribution in [0.15, 0.2) is 24.3 Å². The van der Waals surface area contributed by atoms with Crippen molar-refractivity contribution in [2.24, 2.45) is 17.3 Å². The number of para-hydroxylation sites is 1. The van der Waals surface area contributed by atoms with Crippen molar-refractivity contribution in [2.75, 3.05) is 7.05 Å². The minimum absolute atomic E-state index is 0.206. The number of rotatable bonds is 4. The van der Waals surface area contributed by atoms with Crippen LogP contribution in [0.3, 0.4) is 0 Å². The summed E-state index contributed by atoms with van der Waals surface area (Å²) in [5.41, 5.74) is 1.02. The number of hydrogen-bond acceptors (Lipinski definition) is 2. The molecule has 4 aliphatic rings. The maximum Gasteiger partial charge on any atom is 0.223 e. The third kappa shape index (κ3) is 2.98. The molecule has 1 amide bonds. The van der Waals surface area contributed by atoms with E-state index in [4.69, 9.17) is 0 Å². The van der Waals surface area contributed by atoms with Crippen molar-refractivity contribution in [2.45, 2.75) is 55.8 Å². The van der Waals surface area contributed by atoms with Crippen LogP contribution in [0, 0.1) is 17.3 Å². The summed E-state index contributed by atoms with van der Waals surface area (Å²) in [5.74, 6) is 2.10. The molecule has 4 bridgehead atoms. The average molecular weight is 392 g/mol. The summed E-state index contributed by atoms with van der Waals surface area (Å²) in [4.78, 5) is 14.7. The number of carbonyl (C=O) groups is 1. The molecule has 1 aromatic rings. The van der Waals surface area contributed by atoms with Gasteiger partial charge in [0, 0.05) is 29.9 Å². The Morgan fingerprint density at radius 3 is 2.54 bits per heavy atom. The van der Waals surface area contributed by atoms with E-state index in [9.17, 15) is 9.90 Å². The maximum absolute atomic E-state index is 12.9. The first-order valence-corrected chi connectivity index (χ1v) is 9.86. The number of hydrogen-bond donors (Lipinski definition) is 1. The molecule has 1 N–H and O–H groups in total. The Morgan fingerprint density at radius 2 is 1.92 bits per heavy atom. The van der Waals surface area contributed by atoms with E-state index in [0.29, 0.717) is 17.3 Å². The Labute approximate surface area is 152 Å². The number of nitrogens with zero attached hydrogens (tertiary/aromatic N) is 1. The van der Waals surface area contributed by atoms with E-state index in [-0.39, 0.29) is 17.1 Å². The van der Waals surface area contributed by atoms with E-state index in [1.54, 1.807) is 11.0 Å². The van der Waals surface area contributed by atoms with Crippen molar-refractivity contribution in [3.05, 3.63) is 29.8 Å². The summed E-state index contributed by atoms with van der Waals surface area (Å²) in [7, 11) is 1.86. The van der Waals surface area contributed by atoms with Crippen LogP contribution in [0.5, 0.6) is 5.75 Å². The van der Waals surface area contributed by atoms with Crippen molar-refractivity contribution in [3.8, 4) is 5.75 Å². The number of phenols is 1. The second kappa shape index (κ2) is 5.76. The lowest BCUT2D eigenvalue weighted by Gasteiger charge is -2.60. The zero-order valence-corrected chi connectivity index (χ0v) is 15.9. The van der Waals surface area contributed by atoms with Crippen LogP contribution in [0.1, 0.15) is 50.5 Å². The fraction of sp³-hybridized carbons (Fsp3) is 0.650. The van der Waals surface area contributed by atoms with Gasteiger partial charge in [-0.2, -0.15) is 0 Å². The van der Waals surface area contributed by atoms with Gasteiger partial charge in [-0.25, -0.2) is 0 Å². The van der Waals surface area contributed by atoms with Crippen LogP contribution >= 0.6 is 15.9 Å². The third-order valence-corrected chi connectivity index (χ3v) is 7.39. The average Bonchev–Trinajstić information content (AvgIpc) is 2.46. The highest BCUT2D eigenvalue weighted by molar-refractivity contribution is 9.10. The Morgan fingerprint density at radius 1 is 1.25 bits per heavy atom. The van der Waals surface area contributed by atoms with Gasteiger partial charge in [-0.15, -0.1) is 0 Å². The Balaban J connectivity index is 1.45. The van der Waals surface area contributed by atoms with Gasteiger partial charge >= 0.3 is 0 Å². The van der Waals surface area contributed by atoms with Crippen LogP contribution in [0.25, 0.3) is 0 Å². The van der Waals surface area contributed by atoms with Crippen LogP contribution < -0.4 is 0 Å². The number of benzene rings is 1. The second-order valence-electron chi connectivity index (χ2n) is 8.67. The number of amides is 1. The summed E-state index contributed by atoms with van der Waals surface area (Å²) in [5, 5.41) is 9.93. The lowest BCUT2D eigenvalue weighted by Crippen LogP contribution is -2.54. The van der Waals surface area contributed by atoms with Gasteiger partial charge in [-0.1, -0.05) is 34.1 Å². The predicted octanol–water partition coefficient (Wildman–Crippen LogP) is 4.47. The number of phenolic OH excluding ortho intramolecular Hbond substituents is 1. The molecular formula is C20H26BrNO2. The molecule has 0 radical (unpaired) electrons. The molecule has 24 heavy (non-hydrogen) atoms. The molecule has 4 fully saturated rings. The monoisotopic (exact) mass is 391 g/mol. The Bertz CT molecular complexity index is 645. The van der Waals surface area contributed by atoms with Gasteiger partial charge in [0.1, 0.15) is 5.75 Å². The second-order valence-corrected chi connectivity index (χ2v) is 10.3. The molecule has 0 aromatic heterocycles. The molecule has 0 spiro atoms. The Kier molecular flexibility index (Phi) is 3.94. The van der Waals surface area contributed by atoms with E-state index in [2.05, 4.69) is 15.9 Å². The van der Waals surface area contributed by atoms with E-state index in [0.717, 1.165) is 23.8 Å². The summed E-state index contributed by atoms with van der Waals surface area (Å²) >= 11 is 4.02. The number of halogens is 1.